The van der Waals surface area contributed by atoms with E-state index in [1.807, 2.05) is 32.0 Å². The normalized spacial score (nSPS) is 11.6. The number of para-hydroxylation sites is 1. The van der Waals surface area contributed by atoms with Gasteiger partial charge < -0.3 is 14.6 Å². The van der Waals surface area contributed by atoms with E-state index < -0.39 is 11.8 Å². The summed E-state index contributed by atoms with van der Waals surface area (Å²) in [5, 5.41) is 10.5. The fourth-order valence-electron chi connectivity index (χ4n) is 2.93. The molecule has 0 unspecified atom stereocenters. The van der Waals surface area contributed by atoms with Gasteiger partial charge in [-0.25, -0.2) is 9.78 Å². The Morgan fingerprint density at radius 1 is 1.13 bits per heavy atom. The first-order valence-electron chi connectivity index (χ1n) is 9.20. The first kappa shape index (κ1) is 21.3. The number of Topliss-reactive ketones (excluding diaryl/α,β-unsaturated/α-hetero) is 1. The number of carbonyl (C=O) groups is 2. The van der Waals surface area contributed by atoms with Crippen LogP contribution in [0.1, 0.15) is 25.1 Å². The number of nitrogens with zero attached hydrogens (tertiary/aromatic N) is 1. The van der Waals surface area contributed by atoms with Crippen molar-refractivity contribution in [3.8, 4) is 11.5 Å². The van der Waals surface area contributed by atoms with E-state index >= 15 is 0 Å². The first-order valence-corrected chi connectivity index (χ1v) is 9.57. The molecule has 3 rings (SSSR count). The lowest BCUT2D eigenvalue weighted by atomic mass is 10.0. The van der Waals surface area contributed by atoms with Gasteiger partial charge in [-0.15, -0.1) is 0 Å². The zero-order valence-electron chi connectivity index (χ0n) is 16.7. The number of methoxy groups -OCH3 is 1. The number of carboxylic acid groups (broad SMARTS) is 1. The third kappa shape index (κ3) is 4.60. The van der Waals surface area contributed by atoms with Gasteiger partial charge in [0.2, 0.25) is 0 Å². The SMILES string of the molecule is COc1cc(C=C(C(=O)C(=O)O)c2ccc3ccccc3n2)cc(Cl)c1OC(C)C. The molecule has 0 aliphatic carbocycles. The Balaban J connectivity index is 2.15. The Bertz CT molecular complexity index is 1150. The number of hydrogen-bond donors (Lipinski definition) is 1. The third-order valence-corrected chi connectivity index (χ3v) is 4.51. The molecular formula is C23H20ClNO5. The number of aliphatic carboxylic acids is 1. The molecule has 0 bridgehead atoms. The highest BCUT2D eigenvalue weighted by molar-refractivity contribution is 6.52. The summed E-state index contributed by atoms with van der Waals surface area (Å²) in [5.41, 5.74) is 1.31. The van der Waals surface area contributed by atoms with Gasteiger partial charge in [0.15, 0.2) is 11.5 Å². The molecule has 7 heteroatoms. The summed E-state index contributed by atoms with van der Waals surface area (Å²) in [6, 6.07) is 14.0. The van der Waals surface area contributed by atoms with Gasteiger partial charge in [0, 0.05) is 5.39 Å². The molecule has 1 N–H and O–H groups in total. The molecule has 3 aromatic rings. The quantitative estimate of drug-likeness (QED) is 0.429. The summed E-state index contributed by atoms with van der Waals surface area (Å²) in [6.07, 6.45) is 1.31. The van der Waals surface area contributed by atoms with E-state index in [1.54, 1.807) is 30.3 Å². The average Bonchev–Trinajstić information content (AvgIpc) is 2.72. The van der Waals surface area contributed by atoms with Crippen molar-refractivity contribution in [1.29, 1.82) is 0 Å². The molecule has 0 amide bonds. The van der Waals surface area contributed by atoms with Crippen LogP contribution in [0.15, 0.2) is 48.5 Å². The van der Waals surface area contributed by atoms with Crippen LogP contribution in [0.5, 0.6) is 11.5 Å². The Morgan fingerprint density at radius 3 is 2.53 bits per heavy atom. The molecule has 6 nitrogen and oxygen atoms in total. The van der Waals surface area contributed by atoms with Crippen LogP contribution >= 0.6 is 11.6 Å². The Morgan fingerprint density at radius 2 is 1.87 bits per heavy atom. The van der Waals surface area contributed by atoms with Crippen LogP contribution in [0.25, 0.3) is 22.6 Å². The smallest absolute Gasteiger partial charge is 0.377 e. The number of halogens is 1. The van der Waals surface area contributed by atoms with E-state index in [-0.39, 0.29) is 22.4 Å². The molecule has 1 aromatic heterocycles. The summed E-state index contributed by atoms with van der Waals surface area (Å²) in [5.74, 6) is -1.90. The largest absolute Gasteiger partial charge is 0.493 e. The van der Waals surface area contributed by atoms with Crippen molar-refractivity contribution in [1.82, 2.24) is 4.98 Å². The van der Waals surface area contributed by atoms with Crippen molar-refractivity contribution in [2.24, 2.45) is 0 Å². The summed E-state index contributed by atoms with van der Waals surface area (Å²) in [4.78, 5) is 28.3. The molecule has 154 valence electrons. The summed E-state index contributed by atoms with van der Waals surface area (Å²) >= 11 is 6.36. The van der Waals surface area contributed by atoms with Crippen LogP contribution in [0, 0.1) is 0 Å². The van der Waals surface area contributed by atoms with Crippen LogP contribution in [0.4, 0.5) is 0 Å². The maximum Gasteiger partial charge on any atom is 0.377 e. The second kappa shape index (κ2) is 8.97. The van der Waals surface area contributed by atoms with Crippen LogP contribution in [-0.4, -0.2) is 35.1 Å². The number of carboxylic acids is 1. The van der Waals surface area contributed by atoms with E-state index in [4.69, 9.17) is 21.1 Å². The number of carbonyl (C=O) groups excluding carboxylic acids is 1. The molecular weight excluding hydrogens is 406 g/mol. The van der Waals surface area contributed by atoms with Crippen LogP contribution in [0.2, 0.25) is 5.02 Å². The third-order valence-electron chi connectivity index (χ3n) is 4.23. The van der Waals surface area contributed by atoms with Crippen molar-refractivity contribution in [2.75, 3.05) is 7.11 Å². The zero-order chi connectivity index (χ0) is 21.8. The summed E-state index contributed by atoms with van der Waals surface area (Å²) < 4.78 is 11.1. The molecule has 0 saturated carbocycles. The van der Waals surface area contributed by atoms with Crippen LogP contribution in [0.3, 0.4) is 0 Å². The number of rotatable bonds is 7. The number of ether oxygens (including phenoxy) is 2. The molecule has 30 heavy (non-hydrogen) atoms. The highest BCUT2D eigenvalue weighted by Crippen LogP contribution is 2.38. The second-order valence-electron chi connectivity index (χ2n) is 6.78. The van der Waals surface area contributed by atoms with Gasteiger partial charge >= 0.3 is 5.97 Å². The van der Waals surface area contributed by atoms with Gasteiger partial charge in [0.1, 0.15) is 0 Å². The molecule has 0 spiro atoms. The van der Waals surface area contributed by atoms with Crippen molar-refractivity contribution in [2.45, 2.75) is 20.0 Å². The van der Waals surface area contributed by atoms with Gasteiger partial charge in [-0.05, 0) is 49.8 Å². The van der Waals surface area contributed by atoms with Crippen molar-refractivity contribution in [3.05, 3.63) is 64.8 Å². The molecule has 1 heterocycles. The Labute approximate surface area is 178 Å². The molecule has 2 aromatic carbocycles. The molecule has 0 atom stereocenters. The maximum absolute atomic E-state index is 12.4. The van der Waals surface area contributed by atoms with Gasteiger partial charge in [0.25, 0.3) is 5.78 Å². The lowest BCUT2D eigenvalue weighted by molar-refractivity contribution is -0.146. The van der Waals surface area contributed by atoms with E-state index in [2.05, 4.69) is 4.98 Å². The predicted octanol–water partition coefficient (Wildman–Crippen LogP) is 4.88. The van der Waals surface area contributed by atoms with E-state index in [0.29, 0.717) is 22.6 Å². The van der Waals surface area contributed by atoms with Crippen LogP contribution in [-0.2, 0) is 9.59 Å². The van der Waals surface area contributed by atoms with Crippen molar-refractivity contribution in [3.63, 3.8) is 0 Å². The lowest BCUT2D eigenvalue weighted by Gasteiger charge is -2.16. The number of pyridine rings is 1. The Hall–Kier alpha value is -3.38. The lowest BCUT2D eigenvalue weighted by Crippen LogP contribution is -2.15. The van der Waals surface area contributed by atoms with Gasteiger partial charge in [-0.3, -0.25) is 4.79 Å². The minimum absolute atomic E-state index is 0.0658. The highest BCUT2D eigenvalue weighted by atomic mass is 35.5. The van der Waals surface area contributed by atoms with E-state index in [0.717, 1.165) is 5.39 Å². The van der Waals surface area contributed by atoms with Crippen molar-refractivity contribution >= 4 is 45.9 Å². The fraction of sp³-hybridized carbons (Fsp3) is 0.174. The minimum Gasteiger partial charge on any atom is -0.493 e. The van der Waals surface area contributed by atoms with E-state index in [1.165, 1.54) is 13.2 Å². The standard InChI is InChI=1S/C23H20ClNO5/c1-13(2)30-22-17(24)11-14(12-20(22)29-3)10-16(21(26)23(27)28)19-9-8-15-6-4-5-7-18(15)25-19/h4-13H,1-3H3,(H,27,28). The summed E-state index contributed by atoms with van der Waals surface area (Å²) in [7, 11) is 1.47. The molecule has 0 saturated heterocycles. The average molecular weight is 426 g/mol. The number of benzene rings is 2. The molecule has 0 aliphatic rings. The topological polar surface area (TPSA) is 85.7 Å². The van der Waals surface area contributed by atoms with E-state index in [9.17, 15) is 14.7 Å². The monoisotopic (exact) mass is 425 g/mol. The molecule has 0 radical (unpaired) electrons. The fourth-order valence-corrected chi connectivity index (χ4v) is 3.19. The van der Waals surface area contributed by atoms with Crippen LogP contribution < -0.4 is 9.47 Å². The maximum atomic E-state index is 12.4. The number of fused-ring (bicyclic) bond motifs is 1. The van der Waals surface area contributed by atoms with Gasteiger partial charge in [-0.1, -0.05) is 35.9 Å². The first-order chi connectivity index (χ1) is 14.3. The van der Waals surface area contributed by atoms with Crippen molar-refractivity contribution < 1.29 is 24.2 Å². The number of hydrogen-bond acceptors (Lipinski definition) is 5. The Kier molecular flexibility index (Phi) is 6.37. The summed E-state index contributed by atoms with van der Waals surface area (Å²) in [6.45, 7) is 3.72. The number of aromatic nitrogens is 1. The predicted molar refractivity (Wildman–Crippen MR) is 116 cm³/mol. The van der Waals surface area contributed by atoms with Gasteiger partial charge in [-0.2, -0.15) is 0 Å². The molecule has 0 fully saturated rings. The second-order valence-corrected chi connectivity index (χ2v) is 7.19. The highest BCUT2D eigenvalue weighted by Gasteiger charge is 2.22. The molecule has 0 aliphatic heterocycles. The minimum atomic E-state index is -1.57. The zero-order valence-corrected chi connectivity index (χ0v) is 17.4. The van der Waals surface area contributed by atoms with Gasteiger partial charge in [0.05, 0.1) is 35.0 Å². The number of ketones is 1.